The van der Waals surface area contributed by atoms with Crippen molar-refractivity contribution in [2.75, 3.05) is 0 Å². The van der Waals surface area contributed by atoms with Crippen LogP contribution in [-0.4, -0.2) is 35.0 Å². The SMILES string of the molecule is CCC(OC(=O)C=CC(=O)O)(C(F)(F)F)C(F)(F)F. The summed E-state index contributed by atoms with van der Waals surface area (Å²) in [7, 11) is 0. The first-order valence-electron chi connectivity index (χ1n) is 4.65. The topological polar surface area (TPSA) is 63.6 Å². The molecule has 10 heteroatoms. The zero-order valence-electron chi connectivity index (χ0n) is 9.30. The molecule has 0 aliphatic heterocycles. The summed E-state index contributed by atoms with van der Waals surface area (Å²) in [6, 6.07) is 0. The molecule has 0 unspecified atom stereocenters. The number of halogens is 6. The van der Waals surface area contributed by atoms with Crippen LogP contribution in [0.1, 0.15) is 13.3 Å². The average Bonchev–Trinajstić information content (AvgIpc) is 2.19. The van der Waals surface area contributed by atoms with Crippen LogP contribution in [-0.2, 0) is 14.3 Å². The van der Waals surface area contributed by atoms with Gasteiger partial charge in [0.2, 0.25) is 0 Å². The van der Waals surface area contributed by atoms with Crippen molar-refractivity contribution in [1.82, 2.24) is 0 Å². The number of carbonyl (C=O) groups excluding carboxylic acids is 1. The number of carboxylic acids is 1. The second-order valence-electron chi connectivity index (χ2n) is 3.27. The van der Waals surface area contributed by atoms with Crippen LogP contribution >= 0.6 is 0 Å². The molecule has 0 aromatic rings. The number of hydrogen-bond acceptors (Lipinski definition) is 3. The second kappa shape index (κ2) is 5.49. The monoisotopic (exact) mass is 294 g/mol. The Kier molecular flexibility index (Phi) is 4.99. The van der Waals surface area contributed by atoms with E-state index in [1.165, 1.54) is 0 Å². The lowest BCUT2D eigenvalue weighted by atomic mass is 9.99. The molecule has 0 fully saturated rings. The molecule has 0 heterocycles. The van der Waals surface area contributed by atoms with Gasteiger partial charge in [-0.25, -0.2) is 9.59 Å². The number of aliphatic carboxylic acids is 1. The summed E-state index contributed by atoms with van der Waals surface area (Å²) < 4.78 is 78.4. The van der Waals surface area contributed by atoms with E-state index in [2.05, 4.69) is 4.74 Å². The van der Waals surface area contributed by atoms with Crippen LogP contribution in [0.5, 0.6) is 0 Å². The first-order chi connectivity index (χ1) is 8.37. The normalized spacial score (nSPS) is 13.6. The molecule has 0 aliphatic carbocycles. The average molecular weight is 294 g/mol. The second-order valence-corrected chi connectivity index (χ2v) is 3.27. The number of carbonyl (C=O) groups is 2. The number of ether oxygens (including phenoxy) is 1. The van der Waals surface area contributed by atoms with Gasteiger partial charge in [0.1, 0.15) is 0 Å². The maximum Gasteiger partial charge on any atom is 0.437 e. The van der Waals surface area contributed by atoms with Gasteiger partial charge in [0.25, 0.3) is 0 Å². The number of alkyl halides is 6. The van der Waals surface area contributed by atoms with Gasteiger partial charge in [0, 0.05) is 18.6 Å². The lowest BCUT2D eigenvalue weighted by Gasteiger charge is -2.35. The third kappa shape index (κ3) is 3.86. The summed E-state index contributed by atoms with van der Waals surface area (Å²) in [5, 5.41) is 8.10. The summed E-state index contributed by atoms with van der Waals surface area (Å²) in [4.78, 5) is 20.8. The number of rotatable bonds is 4. The largest absolute Gasteiger partial charge is 0.478 e. The molecule has 0 saturated carbocycles. The van der Waals surface area contributed by atoms with Crippen molar-refractivity contribution in [3.8, 4) is 0 Å². The minimum Gasteiger partial charge on any atom is -0.478 e. The fourth-order valence-corrected chi connectivity index (χ4v) is 1.09. The molecule has 0 spiro atoms. The van der Waals surface area contributed by atoms with Gasteiger partial charge in [-0.3, -0.25) is 0 Å². The Labute approximate surface area is 102 Å². The first kappa shape index (κ1) is 17.3. The van der Waals surface area contributed by atoms with Gasteiger partial charge in [0.15, 0.2) is 0 Å². The van der Waals surface area contributed by atoms with E-state index in [0.29, 0.717) is 6.92 Å². The molecule has 0 radical (unpaired) electrons. The first-order valence-corrected chi connectivity index (χ1v) is 4.65. The van der Waals surface area contributed by atoms with Crippen molar-refractivity contribution in [3.63, 3.8) is 0 Å². The van der Waals surface area contributed by atoms with E-state index in [9.17, 15) is 35.9 Å². The fraction of sp³-hybridized carbons (Fsp3) is 0.556. The third-order valence-electron chi connectivity index (χ3n) is 2.05. The Morgan fingerprint density at radius 2 is 1.47 bits per heavy atom. The van der Waals surface area contributed by atoms with Crippen molar-refractivity contribution in [1.29, 1.82) is 0 Å². The van der Waals surface area contributed by atoms with Crippen LogP contribution in [0, 0.1) is 0 Å². The number of carboxylic acid groups (broad SMARTS) is 1. The van der Waals surface area contributed by atoms with E-state index in [1.54, 1.807) is 0 Å². The smallest absolute Gasteiger partial charge is 0.437 e. The minimum atomic E-state index is -5.88. The predicted octanol–water partition coefficient (Wildman–Crippen LogP) is 2.44. The zero-order valence-corrected chi connectivity index (χ0v) is 9.30. The summed E-state index contributed by atoms with van der Waals surface area (Å²) >= 11 is 0. The maximum absolute atomic E-state index is 12.5. The number of esters is 1. The molecule has 1 N–H and O–H groups in total. The third-order valence-corrected chi connectivity index (χ3v) is 2.05. The Morgan fingerprint density at radius 1 is 1.05 bits per heavy atom. The standard InChI is InChI=1S/C9H8F6O4/c1-2-7(8(10,11)12,9(13,14)15)19-6(18)4-3-5(16)17/h3-4H,2H2,1H3,(H,16,17). The highest BCUT2D eigenvalue weighted by Crippen LogP contribution is 2.48. The fourth-order valence-electron chi connectivity index (χ4n) is 1.09. The lowest BCUT2D eigenvalue weighted by Crippen LogP contribution is -2.59. The molecule has 0 amide bonds. The highest BCUT2D eigenvalue weighted by molar-refractivity contribution is 5.91. The van der Waals surface area contributed by atoms with E-state index in [-0.39, 0.29) is 12.2 Å². The van der Waals surface area contributed by atoms with Crippen molar-refractivity contribution in [2.45, 2.75) is 31.3 Å². The van der Waals surface area contributed by atoms with E-state index < -0.39 is 36.3 Å². The van der Waals surface area contributed by atoms with Gasteiger partial charge >= 0.3 is 29.9 Å². The highest BCUT2D eigenvalue weighted by Gasteiger charge is 2.73. The summed E-state index contributed by atoms with van der Waals surface area (Å²) in [5.74, 6) is -3.78. The molecular weight excluding hydrogens is 286 g/mol. The van der Waals surface area contributed by atoms with Gasteiger partial charge in [-0.15, -0.1) is 0 Å². The Bertz CT molecular complexity index is 367. The Hall–Kier alpha value is -1.74. The van der Waals surface area contributed by atoms with Crippen LogP contribution in [0.15, 0.2) is 12.2 Å². The number of hydrogen-bond donors (Lipinski definition) is 1. The van der Waals surface area contributed by atoms with Crippen molar-refractivity contribution in [3.05, 3.63) is 12.2 Å². The van der Waals surface area contributed by atoms with Crippen LogP contribution in [0.2, 0.25) is 0 Å². The molecule has 0 rings (SSSR count). The van der Waals surface area contributed by atoms with Crippen molar-refractivity contribution in [2.24, 2.45) is 0 Å². The quantitative estimate of drug-likeness (QED) is 0.491. The lowest BCUT2D eigenvalue weighted by molar-refractivity contribution is -0.369. The van der Waals surface area contributed by atoms with Crippen molar-refractivity contribution < 1.29 is 45.8 Å². The highest BCUT2D eigenvalue weighted by atomic mass is 19.4. The maximum atomic E-state index is 12.5. The van der Waals surface area contributed by atoms with Crippen molar-refractivity contribution >= 4 is 11.9 Å². The summed E-state index contributed by atoms with van der Waals surface area (Å²) in [5.41, 5.74) is -4.67. The van der Waals surface area contributed by atoms with Gasteiger partial charge in [-0.2, -0.15) is 26.3 Å². The van der Waals surface area contributed by atoms with E-state index >= 15 is 0 Å². The van der Waals surface area contributed by atoms with Gasteiger partial charge < -0.3 is 9.84 Å². The molecule has 110 valence electrons. The van der Waals surface area contributed by atoms with Gasteiger partial charge in [-0.1, -0.05) is 6.92 Å². The van der Waals surface area contributed by atoms with E-state index in [4.69, 9.17) is 5.11 Å². The Balaban J connectivity index is 5.42. The van der Waals surface area contributed by atoms with Crippen LogP contribution in [0.25, 0.3) is 0 Å². The van der Waals surface area contributed by atoms with E-state index in [0.717, 1.165) is 0 Å². The molecule has 0 bridgehead atoms. The summed E-state index contributed by atoms with van der Waals surface area (Å²) in [6.45, 7) is 0.537. The molecular formula is C9H8F6O4. The Morgan fingerprint density at radius 3 is 1.74 bits per heavy atom. The summed E-state index contributed by atoms with van der Waals surface area (Å²) in [6.07, 6.45) is -13.3. The molecule has 0 aromatic heterocycles. The van der Waals surface area contributed by atoms with Gasteiger partial charge in [-0.05, 0) is 0 Å². The van der Waals surface area contributed by atoms with Crippen LogP contribution in [0.4, 0.5) is 26.3 Å². The molecule has 4 nitrogen and oxygen atoms in total. The predicted molar refractivity (Wildman–Crippen MR) is 48.0 cm³/mol. The minimum absolute atomic E-state index is 0.0375. The molecule has 0 aliphatic rings. The molecule has 19 heavy (non-hydrogen) atoms. The van der Waals surface area contributed by atoms with Gasteiger partial charge in [0.05, 0.1) is 0 Å². The molecule has 0 atom stereocenters. The van der Waals surface area contributed by atoms with Crippen LogP contribution in [0.3, 0.4) is 0 Å². The molecule has 0 saturated heterocycles. The zero-order chi connectivity index (χ0) is 15.5. The van der Waals surface area contributed by atoms with Crippen LogP contribution < -0.4 is 0 Å². The molecule has 0 aromatic carbocycles. The van der Waals surface area contributed by atoms with E-state index in [1.807, 2.05) is 0 Å².